The van der Waals surface area contributed by atoms with Gasteiger partial charge in [-0.2, -0.15) is 0 Å². The van der Waals surface area contributed by atoms with Gasteiger partial charge in [0.1, 0.15) is 45.2 Å². The predicted molar refractivity (Wildman–Crippen MR) is 592 cm³/mol. The number of benzene rings is 2. The average Bonchev–Trinajstić information content (AvgIpc) is 1.62. The van der Waals surface area contributed by atoms with Crippen LogP contribution in [0.15, 0.2) is 248 Å². The van der Waals surface area contributed by atoms with Crippen LogP contribution in [0.2, 0.25) is 0 Å². The van der Waals surface area contributed by atoms with E-state index in [9.17, 15) is 21.0 Å². The van der Waals surface area contributed by atoms with Crippen LogP contribution < -0.4 is 40.1 Å². The van der Waals surface area contributed by atoms with E-state index in [0.29, 0.717) is 148 Å². The lowest BCUT2D eigenvalue weighted by Crippen LogP contribution is -2.04. The second kappa shape index (κ2) is 49.5. The maximum Gasteiger partial charge on any atom is 0.219 e. The SMILES string of the molecule is COCCCS(=O)c1sc2nc(-c3cnc(N)nc3)cc(-c3ccccc3)c2c1N.COCCC[S@@](=O)c1sc2nc(-c3cccnc3)cc(-c3cncn3C)c2c1N.COCCC[S@@](=O)c1sc2nc(-c3cnc(N)nc3)cc(-c3ccccc3)c2c1N.COCCC[S@](=O)c1sc2nc(-c3cccnc3)cc(-c3cncn3C)c2c1N.COCCS(=O)c1sc2nc(-c3cccnc3)cc(-c3cncn3C)c2c1N. The highest BCUT2D eigenvalue weighted by Gasteiger charge is 2.29. The maximum absolute atomic E-state index is 12.9. The van der Waals surface area contributed by atoms with Gasteiger partial charge in [0.2, 0.25) is 11.9 Å². The van der Waals surface area contributed by atoms with Crippen molar-refractivity contribution in [3.05, 3.63) is 227 Å². The van der Waals surface area contributed by atoms with Crippen LogP contribution >= 0.6 is 56.7 Å². The van der Waals surface area contributed by atoms with Crippen molar-refractivity contribution in [2.75, 3.05) is 137 Å². The number of anilines is 7. The van der Waals surface area contributed by atoms with E-state index in [1.165, 1.54) is 56.7 Å². The summed E-state index contributed by atoms with van der Waals surface area (Å²) in [5, 5.41) is 4.09. The minimum atomic E-state index is -1.25. The molecule has 20 rings (SSSR count). The lowest BCUT2D eigenvalue weighted by molar-refractivity contribution is 0.200. The van der Waals surface area contributed by atoms with Gasteiger partial charge in [0.15, 0.2) is 0 Å². The molecule has 0 aliphatic rings. The number of aryl methyl sites for hydroxylation is 3. The van der Waals surface area contributed by atoms with Crippen molar-refractivity contribution in [2.45, 2.75) is 46.7 Å². The Labute approximate surface area is 872 Å². The summed E-state index contributed by atoms with van der Waals surface area (Å²) in [6, 6.07) is 41.3. The van der Waals surface area contributed by atoms with Crippen molar-refractivity contribution in [3.63, 3.8) is 0 Å². The van der Waals surface area contributed by atoms with Gasteiger partial charge in [-0.1, -0.05) is 60.7 Å². The molecule has 0 radical (unpaired) electrons. The van der Waals surface area contributed by atoms with Gasteiger partial charge < -0.3 is 77.5 Å². The highest BCUT2D eigenvalue weighted by Crippen LogP contribution is 2.49. The number of methoxy groups -OCH3 is 5. The van der Waals surface area contributed by atoms with E-state index < -0.39 is 54.0 Å². The first-order valence-corrected chi connectivity index (χ1v) is 56.0. The number of thiophene rings is 5. The van der Waals surface area contributed by atoms with Crippen molar-refractivity contribution < 1.29 is 44.7 Å². The molecule has 2 aromatic carbocycles. The number of aromatic nitrogens is 18. The Hall–Kier alpha value is -13.6. The fraction of sp³-hybridized carbons (Fsp3) is 0.218. The van der Waals surface area contributed by atoms with Crippen LogP contribution in [0.5, 0.6) is 0 Å². The number of nitrogens with zero attached hydrogens (tertiary/aromatic N) is 18. The number of nitrogens with two attached hydrogens (primary N) is 7. The summed E-state index contributed by atoms with van der Waals surface area (Å²) in [5.74, 6) is 2.79. The smallest absolute Gasteiger partial charge is 0.219 e. The molecule has 0 fully saturated rings. The highest BCUT2D eigenvalue weighted by molar-refractivity contribution is 7.89. The van der Waals surface area contributed by atoms with E-state index in [0.717, 1.165) is 152 Å². The van der Waals surface area contributed by atoms with Crippen molar-refractivity contribution in [1.29, 1.82) is 0 Å². The minimum absolute atomic E-state index is 0.206. The number of fused-ring (bicyclic) bond motifs is 5. The van der Waals surface area contributed by atoms with Gasteiger partial charge in [-0.15, -0.1) is 56.7 Å². The molecule has 146 heavy (non-hydrogen) atoms. The molecule has 45 heteroatoms. The van der Waals surface area contributed by atoms with E-state index in [-0.39, 0.29) is 11.9 Å². The Morgan fingerprint density at radius 2 is 0.514 bits per heavy atom. The van der Waals surface area contributed by atoms with Gasteiger partial charge in [0, 0.05) is 240 Å². The van der Waals surface area contributed by atoms with Gasteiger partial charge in [0.25, 0.3) is 0 Å². The summed E-state index contributed by atoms with van der Waals surface area (Å²) in [4.78, 5) is 69.4. The zero-order valence-corrected chi connectivity index (χ0v) is 88.7. The van der Waals surface area contributed by atoms with Gasteiger partial charge in [-0.25, -0.2) is 59.8 Å². The standard InChI is InChI=1S/2C21H21N5O2S2.2C20H21N5O2S2.C19H19N5O2S2/c2*1-28-8-5-9-30(27)20-18(22)17-15(13-6-3-2-4-7-13)10-16(26-19(17)29-20)14-11-24-21(23)25-12-14;2*1-25-12-23-11-16(25)14-9-15(13-5-3-6-22-10-13)24-19-17(14)18(21)20(28-19)29(26)8-4-7-27-2;1-24-11-22-10-15(24)13-8-14(12-4-3-5-21-9-12)23-18-16(13)17(20)19(27-18)28(25)7-6-26-2/h2*2-4,6-7,10-12H,5,8-9,22H2,1H3,(H2,23,24,25);2*3,5-6,9-12H,4,7-8,21H2,1-2H3;3-5,8-11H,6-7,20H2,1-2H3/t30-;;2*29-;/m1.10./s1. The zero-order valence-electron chi connectivity index (χ0n) is 80.5. The van der Waals surface area contributed by atoms with Crippen LogP contribution in [0.4, 0.5) is 40.3 Å². The monoisotopic (exact) mass is 2150 g/mol. The molecule has 0 aliphatic carbocycles. The van der Waals surface area contributed by atoms with Crippen LogP contribution in [0.25, 0.3) is 163 Å². The van der Waals surface area contributed by atoms with E-state index in [1.54, 1.807) is 135 Å². The molecule has 0 amide bonds. The molecule has 0 saturated heterocycles. The van der Waals surface area contributed by atoms with Gasteiger partial charge in [-0.3, -0.25) is 36.0 Å². The molecule has 18 aromatic heterocycles. The summed E-state index contributed by atoms with van der Waals surface area (Å²) < 4.78 is 98.6. The largest absolute Gasteiger partial charge is 0.396 e. The Kier molecular flexibility index (Phi) is 35.7. The summed E-state index contributed by atoms with van der Waals surface area (Å²) in [7, 11) is 7.86. The molecule has 2 unspecified atom stereocenters. The van der Waals surface area contributed by atoms with Crippen molar-refractivity contribution in [3.8, 4) is 112 Å². The minimum Gasteiger partial charge on any atom is -0.396 e. The number of nitrogen functional groups attached to an aromatic ring is 7. The average molecular weight is 2150 g/mol. The maximum atomic E-state index is 12.9. The number of imidazole rings is 3. The first-order chi connectivity index (χ1) is 70.9. The predicted octanol–water partition coefficient (Wildman–Crippen LogP) is 17.5. The Morgan fingerprint density at radius 1 is 0.274 bits per heavy atom. The van der Waals surface area contributed by atoms with E-state index in [1.807, 2.05) is 162 Å². The molecule has 0 saturated carbocycles. The Morgan fingerprint density at radius 3 is 0.753 bits per heavy atom. The summed E-state index contributed by atoms with van der Waals surface area (Å²) >= 11 is 6.88. The van der Waals surface area contributed by atoms with Crippen LogP contribution in [0.1, 0.15) is 25.7 Å². The van der Waals surface area contributed by atoms with Gasteiger partial charge >= 0.3 is 0 Å². The van der Waals surface area contributed by atoms with Crippen LogP contribution in [-0.2, 0) is 98.8 Å². The lowest BCUT2D eigenvalue weighted by Gasteiger charge is -2.09. The molecule has 0 spiro atoms. The van der Waals surface area contributed by atoms with E-state index >= 15 is 0 Å². The first kappa shape index (κ1) is 105. The quantitative estimate of drug-likeness (QED) is 0.0184. The number of pyridine rings is 8. The third kappa shape index (κ3) is 24.2. The molecule has 18 heterocycles. The summed E-state index contributed by atoms with van der Waals surface area (Å²) in [5.41, 5.74) is 63.7. The molecule has 0 bridgehead atoms. The molecular weight excluding hydrogens is 2040 g/mol. The van der Waals surface area contributed by atoms with Crippen molar-refractivity contribution >= 4 is 202 Å². The van der Waals surface area contributed by atoms with Crippen molar-refractivity contribution in [1.82, 2.24) is 88.5 Å². The fourth-order valence-electron chi connectivity index (χ4n) is 15.7. The molecule has 20 aromatic rings. The number of hydrogen-bond donors (Lipinski definition) is 7. The lowest BCUT2D eigenvalue weighted by atomic mass is 10.0. The second-order valence-electron chi connectivity index (χ2n) is 32.6. The third-order valence-corrected chi connectivity index (χ3v) is 37.6. The molecule has 5 atom stereocenters. The summed E-state index contributed by atoms with van der Waals surface area (Å²) in [6.45, 7) is 2.67. The van der Waals surface area contributed by atoms with Crippen molar-refractivity contribution in [2.24, 2.45) is 21.1 Å². The zero-order chi connectivity index (χ0) is 103. The molecule has 0 aliphatic heterocycles. The summed E-state index contributed by atoms with van der Waals surface area (Å²) in [6.07, 6.45) is 30.5. The van der Waals surface area contributed by atoms with Gasteiger partial charge in [0.05, 0.1) is 178 Å². The van der Waals surface area contributed by atoms with Crippen LogP contribution in [-0.4, -0.2) is 207 Å². The highest BCUT2D eigenvalue weighted by atomic mass is 32.2. The number of ether oxygens (including phenoxy) is 5. The Balaban J connectivity index is 0.000000131. The van der Waals surface area contributed by atoms with Gasteiger partial charge in [-0.05, 0) is 115 Å². The van der Waals surface area contributed by atoms with E-state index in [4.69, 9.17) is 88.7 Å². The second-order valence-corrected chi connectivity index (χ2v) is 46.4. The molecular formula is C101H103N25O10S10. The van der Waals surface area contributed by atoms with Crippen LogP contribution in [0.3, 0.4) is 0 Å². The number of hydrogen-bond acceptors (Lipinski definition) is 37. The van der Waals surface area contributed by atoms with E-state index in [2.05, 4.69) is 49.8 Å². The molecule has 14 N–H and O–H groups in total. The third-order valence-electron chi connectivity index (χ3n) is 22.8. The Bertz CT molecular complexity index is 7680. The molecule has 752 valence electrons. The number of rotatable bonds is 34. The first-order valence-electron chi connectivity index (χ1n) is 45.4. The van der Waals surface area contributed by atoms with Crippen LogP contribution in [0, 0.1) is 0 Å². The normalized spacial score (nSPS) is 12.4. The molecule has 35 nitrogen and oxygen atoms in total. The fourth-order valence-corrected chi connectivity index (χ4v) is 28.7. The topological polar surface area (TPSA) is 522 Å².